The van der Waals surface area contributed by atoms with Crippen molar-refractivity contribution in [1.82, 2.24) is 4.90 Å². The van der Waals surface area contributed by atoms with Crippen molar-refractivity contribution in [3.05, 3.63) is 33.8 Å². The molecule has 0 bridgehead atoms. The van der Waals surface area contributed by atoms with E-state index in [1.54, 1.807) is 6.92 Å². The van der Waals surface area contributed by atoms with Crippen molar-refractivity contribution >= 4 is 28.0 Å². The van der Waals surface area contributed by atoms with Crippen molar-refractivity contribution in [1.29, 1.82) is 0 Å². The van der Waals surface area contributed by atoms with Gasteiger partial charge in [-0.25, -0.2) is 9.59 Å². The van der Waals surface area contributed by atoms with Crippen LogP contribution in [0.3, 0.4) is 0 Å². The van der Waals surface area contributed by atoms with Crippen LogP contribution >= 0.6 is 15.9 Å². The fraction of sp³-hybridized carbons (Fsp3) is 0.429. The average molecular weight is 342 g/mol. The summed E-state index contributed by atoms with van der Waals surface area (Å²) in [5.74, 6) is -0.431. The van der Waals surface area contributed by atoms with Crippen molar-refractivity contribution in [3.63, 3.8) is 0 Å². The number of hydrogen-bond acceptors (Lipinski definition) is 4. The lowest BCUT2D eigenvalue weighted by atomic mass is 9.94. The third-order valence-electron chi connectivity index (χ3n) is 3.31. The van der Waals surface area contributed by atoms with E-state index in [2.05, 4.69) is 15.9 Å². The molecule has 0 aliphatic carbocycles. The Morgan fingerprint density at radius 3 is 2.85 bits per heavy atom. The number of carbonyl (C=O) groups is 2. The molecule has 0 N–H and O–H groups in total. The van der Waals surface area contributed by atoms with Crippen LogP contribution in [0.15, 0.2) is 22.7 Å². The first-order valence-electron chi connectivity index (χ1n) is 6.36. The van der Waals surface area contributed by atoms with E-state index in [0.717, 1.165) is 15.6 Å². The third-order valence-corrected chi connectivity index (χ3v) is 4.05. The van der Waals surface area contributed by atoms with Crippen LogP contribution in [-0.2, 0) is 27.2 Å². The number of hydrogen-bond donors (Lipinski definition) is 0. The molecule has 1 atom stereocenters. The highest BCUT2D eigenvalue weighted by atomic mass is 79.9. The largest absolute Gasteiger partial charge is 0.467 e. The molecule has 1 aliphatic rings. The molecule has 1 aromatic carbocycles. The van der Waals surface area contributed by atoms with Crippen molar-refractivity contribution in [2.75, 3.05) is 13.7 Å². The zero-order chi connectivity index (χ0) is 14.7. The summed E-state index contributed by atoms with van der Waals surface area (Å²) in [6.45, 7) is 2.35. The SMILES string of the molecule is CCOC(=O)N1Cc2cccc(Br)c2CC1C(=O)OC. The van der Waals surface area contributed by atoms with Gasteiger partial charge in [-0.3, -0.25) is 4.90 Å². The molecule has 1 unspecified atom stereocenters. The number of carbonyl (C=O) groups excluding carboxylic acids is 2. The van der Waals surface area contributed by atoms with Gasteiger partial charge in [-0.1, -0.05) is 28.1 Å². The van der Waals surface area contributed by atoms with Crippen LogP contribution in [0.1, 0.15) is 18.1 Å². The molecule has 1 amide bonds. The van der Waals surface area contributed by atoms with Gasteiger partial charge >= 0.3 is 12.1 Å². The minimum absolute atomic E-state index is 0.272. The van der Waals surface area contributed by atoms with Crippen LogP contribution in [0, 0.1) is 0 Å². The number of methoxy groups -OCH3 is 1. The van der Waals surface area contributed by atoms with E-state index >= 15 is 0 Å². The molecule has 108 valence electrons. The number of rotatable bonds is 2. The van der Waals surface area contributed by atoms with Crippen LogP contribution in [-0.4, -0.2) is 36.7 Å². The van der Waals surface area contributed by atoms with Crippen molar-refractivity contribution in [2.24, 2.45) is 0 Å². The molecule has 0 radical (unpaired) electrons. The zero-order valence-corrected chi connectivity index (χ0v) is 13.0. The summed E-state index contributed by atoms with van der Waals surface area (Å²) >= 11 is 3.48. The molecule has 20 heavy (non-hydrogen) atoms. The smallest absolute Gasteiger partial charge is 0.410 e. The van der Waals surface area contributed by atoms with E-state index < -0.39 is 18.1 Å². The number of fused-ring (bicyclic) bond motifs is 1. The lowest BCUT2D eigenvalue weighted by molar-refractivity contribution is -0.147. The van der Waals surface area contributed by atoms with Gasteiger partial charge in [0.05, 0.1) is 20.3 Å². The van der Waals surface area contributed by atoms with E-state index in [-0.39, 0.29) is 6.61 Å². The van der Waals surface area contributed by atoms with E-state index in [9.17, 15) is 9.59 Å². The monoisotopic (exact) mass is 341 g/mol. The number of ether oxygens (including phenoxy) is 2. The van der Waals surface area contributed by atoms with Crippen molar-refractivity contribution < 1.29 is 19.1 Å². The minimum Gasteiger partial charge on any atom is -0.467 e. The standard InChI is InChI=1S/C14H16BrNO4/c1-3-20-14(18)16-8-9-5-4-6-11(15)10(9)7-12(16)13(17)19-2/h4-6,12H,3,7-8H2,1-2H3. The van der Waals surface area contributed by atoms with E-state index in [1.165, 1.54) is 12.0 Å². The van der Waals surface area contributed by atoms with Gasteiger partial charge in [0.15, 0.2) is 0 Å². The van der Waals surface area contributed by atoms with Crippen LogP contribution in [0.2, 0.25) is 0 Å². The highest BCUT2D eigenvalue weighted by Gasteiger charge is 2.36. The summed E-state index contributed by atoms with van der Waals surface area (Å²) in [6.07, 6.45) is -0.0732. The Kier molecular flexibility index (Phi) is 4.65. The summed E-state index contributed by atoms with van der Waals surface area (Å²) in [6, 6.07) is 5.13. The first kappa shape index (κ1) is 14.8. The molecular formula is C14H16BrNO4. The number of amides is 1. The molecule has 2 rings (SSSR count). The number of nitrogens with zero attached hydrogens (tertiary/aromatic N) is 1. The summed E-state index contributed by atoms with van der Waals surface area (Å²) in [7, 11) is 1.32. The maximum absolute atomic E-state index is 12.0. The summed E-state index contributed by atoms with van der Waals surface area (Å²) in [4.78, 5) is 25.3. The number of esters is 1. The second kappa shape index (κ2) is 6.26. The second-order valence-corrected chi connectivity index (χ2v) is 5.30. The molecule has 6 heteroatoms. The van der Waals surface area contributed by atoms with E-state index in [0.29, 0.717) is 13.0 Å². The second-order valence-electron chi connectivity index (χ2n) is 4.45. The highest BCUT2D eigenvalue weighted by molar-refractivity contribution is 9.10. The van der Waals surface area contributed by atoms with Gasteiger partial charge in [0, 0.05) is 10.9 Å². The first-order valence-corrected chi connectivity index (χ1v) is 7.15. The van der Waals surface area contributed by atoms with Gasteiger partial charge < -0.3 is 9.47 Å². The molecule has 1 aromatic rings. The van der Waals surface area contributed by atoms with Gasteiger partial charge in [-0.05, 0) is 24.1 Å². The number of halogens is 1. The quantitative estimate of drug-likeness (QED) is 0.775. The molecule has 0 saturated heterocycles. The summed E-state index contributed by atoms with van der Waals surface area (Å²) in [5.41, 5.74) is 2.04. The molecule has 5 nitrogen and oxygen atoms in total. The maximum atomic E-state index is 12.0. The Morgan fingerprint density at radius 1 is 1.45 bits per heavy atom. The lowest BCUT2D eigenvalue weighted by Crippen LogP contribution is -2.49. The van der Waals surface area contributed by atoms with Crippen LogP contribution < -0.4 is 0 Å². The first-order chi connectivity index (χ1) is 9.58. The summed E-state index contributed by atoms with van der Waals surface area (Å²) in [5, 5.41) is 0. The third kappa shape index (κ3) is 2.80. The Morgan fingerprint density at radius 2 is 2.20 bits per heavy atom. The molecular weight excluding hydrogens is 326 g/mol. The lowest BCUT2D eigenvalue weighted by Gasteiger charge is -2.34. The zero-order valence-electron chi connectivity index (χ0n) is 11.4. The Labute approximate surface area is 126 Å². The maximum Gasteiger partial charge on any atom is 0.410 e. The molecule has 0 spiro atoms. The fourth-order valence-corrected chi connectivity index (χ4v) is 2.89. The number of benzene rings is 1. The predicted molar refractivity (Wildman–Crippen MR) is 76.2 cm³/mol. The van der Waals surface area contributed by atoms with Gasteiger partial charge in [0.2, 0.25) is 0 Å². The van der Waals surface area contributed by atoms with E-state index in [1.807, 2.05) is 18.2 Å². The van der Waals surface area contributed by atoms with E-state index in [4.69, 9.17) is 9.47 Å². The van der Waals surface area contributed by atoms with Crippen LogP contribution in [0.4, 0.5) is 4.79 Å². The average Bonchev–Trinajstić information content (AvgIpc) is 2.46. The van der Waals surface area contributed by atoms with Crippen LogP contribution in [0.25, 0.3) is 0 Å². The van der Waals surface area contributed by atoms with Gasteiger partial charge in [-0.15, -0.1) is 0 Å². The molecule has 1 aliphatic heterocycles. The van der Waals surface area contributed by atoms with Crippen molar-refractivity contribution in [2.45, 2.75) is 25.9 Å². The van der Waals surface area contributed by atoms with Gasteiger partial charge in [-0.2, -0.15) is 0 Å². The Balaban J connectivity index is 2.35. The predicted octanol–water partition coefficient (Wildman–Crippen LogP) is 2.51. The molecule has 0 fully saturated rings. The molecule has 1 heterocycles. The Bertz CT molecular complexity index is 532. The van der Waals surface area contributed by atoms with Crippen molar-refractivity contribution in [3.8, 4) is 0 Å². The summed E-state index contributed by atoms with van der Waals surface area (Å²) < 4.78 is 10.8. The fourth-order valence-electron chi connectivity index (χ4n) is 2.32. The topological polar surface area (TPSA) is 55.8 Å². The minimum atomic E-state index is -0.648. The Hall–Kier alpha value is -1.56. The highest BCUT2D eigenvalue weighted by Crippen LogP contribution is 2.30. The van der Waals surface area contributed by atoms with Crippen LogP contribution in [0.5, 0.6) is 0 Å². The van der Waals surface area contributed by atoms with Gasteiger partial charge in [0.1, 0.15) is 6.04 Å². The molecule has 0 saturated carbocycles. The van der Waals surface area contributed by atoms with Gasteiger partial charge in [0.25, 0.3) is 0 Å². The normalized spacial score (nSPS) is 17.4. The molecule has 0 aromatic heterocycles.